The summed E-state index contributed by atoms with van der Waals surface area (Å²) in [5.74, 6) is 0.901. The number of guanidine groups is 1. The van der Waals surface area contributed by atoms with Gasteiger partial charge in [-0.1, -0.05) is 0 Å². The molecule has 1 fully saturated rings. The Kier molecular flexibility index (Phi) is 6.92. The fraction of sp³-hybridized carbons (Fsp3) is 0.400. The number of halogens is 1. The van der Waals surface area contributed by atoms with Crippen LogP contribution in [0.5, 0.6) is 0 Å². The highest BCUT2D eigenvalue weighted by Gasteiger charge is 2.21. The molecule has 1 aliphatic heterocycles. The number of aliphatic imine (C=N–C) groups is 1. The van der Waals surface area contributed by atoms with Crippen molar-refractivity contribution >= 4 is 34.9 Å². The number of benzene rings is 1. The molecule has 1 saturated heterocycles. The van der Waals surface area contributed by atoms with Gasteiger partial charge in [0.15, 0.2) is 5.11 Å². The van der Waals surface area contributed by atoms with Crippen LogP contribution in [-0.2, 0) is 0 Å². The van der Waals surface area contributed by atoms with E-state index in [4.69, 9.17) is 12.2 Å². The average molecular weight is 416 g/mol. The lowest BCUT2D eigenvalue weighted by molar-refractivity contribution is 0.385. The van der Waals surface area contributed by atoms with E-state index in [-0.39, 0.29) is 5.82 Å². The zero-order valence-electron chi connectivity index (χ0n) is 16.9. The highest BCUT2D eigenvalue weighted by molar-refractivity contribution is 7.80. The first-order chi connectivity index (χ1) is 13.9. The van der Waals surface area contributed by atoms with Gasteiger partial charge in [0, 0.05) is 49.8 Å². The summed E-state index contributed by atoms with van der Waals surface area (Å²) in [6.45, 7) is 9.59. The molecule has 0 spiro atoms. The summed E-state index contributed by atoms with van der Waals surface area (Å²) in [5.41, 5.74) is 2.78. The van der Waals surface area contributed by atoms with Crippen molar-refractivity contribution < 1.29 is 4.39 Å². The Bertz CT molecular complexity index is 857. The number of piperazine rings is 1. The molecule has 0 bridgehead atoms. The zero-order valence-corrected chi connectivity index (χ0v) is 17.8. The molecule has 3 rings (SSSR count). The van der Waals surface area contributed by atoms with E-state index >= 15 is 0 Å². The lowest BCUT2D eigenvalue weighted by atomic mass is 10.2. The Morgan fingerprint density at radius 3 is 2.31 bits per heavy atom. The third kappa shape index (κ3) is 5.83. The molecule has 0 radical (unpaired) electrons. The number of aromatic nitrogens is 2. The maximum absolute atomic E-state index is 13.2. The van der Waals surface area contributed by atoms with Crippen LogP contribution in [0, 0.1) is 19.7 Å². The van der Waals surface area contributed by atoms with Gasteiger partial charge >= 0.3 is 0 Å². The van der Waals surface area contributed by atoms with Crippen molar-refractivity contribution in [3.05, 3.63) is 47.5 Å². The molecule has 154 valence electrons. The topological polar surface area (TPSA) is 68.7 Å². The van der Waals surface area contributed by atoms with E-state index in [0.29, 0.717) is 23.6 Å². The number of rotatable bonds is 3. The number of hydrogen-bond acceptors (Lipinski definition) is 4. The van der Waals surface area contributed by atoms with Gasteiger partial charge in [-0.15, -0.1) is 0 Å². The standard InChI is InChI=1S/C20H26FN7S/c1-4-22-20(29)26-19(25-18-23-14(2)13-15(3)24-18)28-11-9-27(10-12-28)17-7-5-16(21)6-8-17/h5-8,13H,4,9-12H2,1-3H3,(H2,22,23,24,25,26,29). The van der Waals surface area contributed by atoms with Gasteiger partial charge in [-0.3, -0.25) is 5.32 Å². The van der Waals surface area contributed by atoms with Crippen LogP contribution in [0.2, 0.25) is 0 Å². The van der Waals surface area contributed by atoms with Gasteiger partial charge in [0.2, 0.25) is 11.9 Å². The van der Waals surface area contributed by atoms with Crippen LogP contribution in [0.15, 0.2) is 35.3 Å². The first kappa shape index (κ1) is 20.9. The summed E-state index contributed by atoms with van der Waals surface area (Å²) in [6, 6.07) is 8.52. The lowest BCUT2D eigenvalue weighted by Gasteiger charge is -2.37. The first-order valence-electron chi connectivity index (χ1n) is 9.66. The highest BCUT2D eigenvalue weighted by Crippen LogP contribution is 2.17. The molecule has 0 aliphatic carbocycles. The van der Waals surface area contributed by atoms with Crippen molar-refractivity contribution in [2.45, 2.75) is 20.8 Å². The van der Waals surface area contributed by atoms with Gasteiger partial charge in [0.05, 0.1) is 0 Å². The van der Waals surface area contributed by atoms with Crippen molar-refractivity contribution in [3.8, 4) is 0 Å². The molecule has 2 heterocycles. The van der Waals surface area contributed by atoms with E-state index in [2.05, 4.69) is 35.4 Å². The van der Waals surface area contributed by atoms with Gasteiger partial charge in [0.1, 0.15) is 5.82 Å². The zero-order chi connectivity index (χ0) is 20.8. The summed E-state index contributed by atoms with van der Waals surface area (Å²) in [4.78, 5) is 17.8. The van der Waals surface area contributed by atoms with Crippen molar-refractivity contribution in [2.24, 2.45) is 4.99 Å². The summed E-state index contributed by atoms with van der Waals surface area (Å²) >= 11 is 5.33. The Labute approximate surface area is 176 Å². The predicted molar refractivity (Wildman–Crippen MR) is 119 cm³/mol. The van der Waals surface area contributed by atoms with Gasteiger partial charge in [-0.2, -0.15) is 4.99 Å². The van der Waals surface area contributed by atoms with Crippen molar-refractivity contribution in [1.29, 1.82) is 0 Å². The van der Waals surface area contributed by atoms with E-state index in [1.165, 1.54) is 12.1 Å². The minimum Gasteiger partial charge on any atom is -0.368 e. The van der Waals surface area contributed by atoms with Crippen LogP contribution in [0.1, 0.15) is 18.3 Å². The number of hydrogen-bond donors (Lipinski definition) is 2. The third-order valence-corrected chi connectivity index (χ3v) is 4.75. The average Bonchev–Trinajstić information content (AvgIpc) is 2.68. The molecule has 2 N–H and O–H groups in total. The highest BCUT2D eigenvalue weighted by atomic mass is 32.1. The fourth-order valence-electron chi connectivity index (χ4n) is 3.17. The van der Waals surface area contributed by atoms with Crippen LogP contribution in [0.25, 0.3) is 0 Å². The van der Waals surface area contributed by atoms with Gasteiger partial charge < -0.3 is 15.1 Å². The minimum atomic E-state index is -0.226. The third-order valence-electron chi connectivity index (χ3n) is 4.51. The summed E-state index contributed by atoms with van der Waals surface area (Å²) in [6.07, 6.45) is 0. The molecule has 0 amide bonds. The van der Waals surface area contributed by atoms with Gasteiger partial charge in [-0.25, -0.2) is 14.4 Å². The predicted octanol–water partition coefficient (Wildman–Crippen LogP) is 2.72. The maximum Gasteiger partial charge on any atom is 0.229 e. The van der Waals surface area contributed by atoms with Gasteiger partial charge in [0.25, 0.3) is 0 Å². The van der Waals surface area contributed by atoms with E-state index in [9.17, 15) is 4.39 Å². The molecular weight excluding hydrogens is 389 g/mol. The summed E-state index contributed by atoms with van der Waals surface area (Å²) in [5, 5.41) is 6.71. The second kappa shape index (κ2) is 9.60. The molecule has 0 saturated carbocycles. The molecule has 1 aliphatic rings. The fourth-order valence-corrected chi connectivity index (χ4v) is 3.41. The maximum atomic E-state index is 13.2. The Morgan fingerprint density at radius 2 is 1.72 bits per heavy atom. The summed E-state index contributed by atoms with van der Waals surface area (Å²) in [7, 11) is 0. The SMILES string of the molecule is CCNC(=S)/N=C(/Nc1nc(C)cc(C)n1)N1CCN(c2ccc(F)cc2)CC1. The van der Waals surface area contributed by atoms with Crippen LogP contribution >= 0.6 is 12.2 Å². The number of nitrogens with zero attached hydrogens (tertiary/aromatic N) is 5. The second-order valence-electron chi connectivity index (χ2n) is 6.82. The monoisotopic (exact) mass is 415 g/mol. The minimum absolute atomic E-state index is 0.226. The molecule has 29 heavy (non-hydrogen) atoms. The molecule has 2 aromatic rings. The molecule has 1 aromatic carbocycles. The molecule has 0 atom stereocenters. The normalized spacial score (nSPS) is 14.7. The van der Waals surface area contributed by atoms with Gasteiger partial charge in [-0.05, 0) is 63.3 Å². The smallest absolute Gasteiger partial charge is 0.229 e. The number of nitrogens with one attached hydrogen (secondary N) is 2. The number of thiocarbonyl (C=S) groups is 1. The van der Waals surface area contributed by atoms with Crippen LogP contribution in [0.3, 0.4) is 0 Å². The quantitative estimate of drug-likeness (QED) is 0.454. The largest absolute Gasteiger partial charge is 0.368 e. The number of anilines is 2. The summed E-state index contributed by atoms with van der Waals surface area (Å²) < 4.78 is 13.2. The van der Waals surface area contributed by atoms with Crippen molar-refractivity contribution in [1.82, 2.24) is 20.2 Å². The second-order valence-corrected chi connectivity index (χ2v) is 7.21. The Balaban J connectivity index is 1.74. The van der Waals surface area contributed by atoms with E-state index < -0.39 is 0 Å². The van der Waals surface area contributed by atoms with Crippen LogP contribution in [0.4, 0.5) is 16.0 Å². The molecule has 7 nitrogen and oxygen atoms in total. The van der Waals surface area contributed by atoms with E-state index in [0.717, 1.165) is 43.3 Å². The lowest BCUT2D eigenvalue weighted by Crippen LogP contribution is -2.51. The van der Waals surface area contributed by atoms with Crippen LogP contribution in [-0.4, -0.2) is 58.7 Å². The molecule has 9 heteroatoms. The number of aryl methyl sites for hydroxylation is 2. The van der Waals surface area contributed by atoms with Crippen molar-refractivity contribution in [2.75, 3.05) is 42.9 Å². The van der Waals surface area contributed by atoms with E-state index in [1.54, 1.807) is 0 Å². The van der Waals surface area contributed by atoms with Crippen molar-refractivity contribution in [3.63, 3.8) is 0 Å². The molecule has 0 unspecified atom stereocenters. The molecule has 1 aromatic heterocycles. The molecular formula is C20H26FN7S. The Morgan fingerprint density at radius 1 is 1.10 bits per heavy atom. The van der Waals surface area contributed by atoms with E-state index in [1.807, 2.05) is 39.0 Å². The first-order valence-corrected chi connectivity index (χ1v) is 10.1. The van der Waals surface area contributed by atoms with Crippen LogP contribution < -0.4 is 15.5 Å². The Hall–Kier alpha value is -2.81.